The van der Waals surface area contributed by atoms with Crippen LogP contribution in [0.2, 0.25) is 0 Å². The molecule has 0 bridgehead atoms. The molecule has 3 aromatic rings. The lowest BCUT2D eigenvalue weighted by molar-refractivity contribution is -0.126. The van der Waals surface area contributed by atoms with Crippen molar-refractivity contribution in [2.45, 2.75) is 45.8 Å². The van der Waals surface area contributed by atoms with Crippen molar-refractivity contribution in [1.82, 2.24) is 14.9 Å². The molecule has 8 nitrogen and oxygen atoms in total. The van der Waals surface area contributed by atoms with Crippen LogP contribution in [0.4, 0.5) is 5.69 Å². The van der Waals surface area contributed by atoms with Crippen molar-refractivity contribution in [2.75, 3.05) is 12.0 Å². The van der Waals surface area contributed by atoms with Gasteiger partial charge in [0.25, 0.3) is 5.91 Å². The van der Waals surface area contributed by atoms with Crippen LogP contribution in [0.25, 0.3) is 0 Å². The number of aromatic nitrogens is 2. The SMILES string of the molecule is CCc1cccc(N2C(=O)c3c(C(=O)OC)ncn3C[C@]2(C)C(=O)NCc2ccc(C)cc2)c1. The number of rotatable bonds is 6. The van der Waals surface area contributed by atoms with E-state index >= 15 is 0 Å². The number of nitrogens with one attached hydrogen (secondary N) is 1. The number of imidazole rings is 1. The molecule has 0 spiro atoms. The third-order valence-electron chi connectivity index (χ3n) is 6.23. The standard InChI is InChI=1S/C26H28N4O4/c1-5-18-7-6-8-20(13-18)30-23(31)22-21(24(32)34-4)28-16-29(22)15-26(30,3)25(33)27-14-19-11-9-17(2)10-12-19/h6-13,16H,5,14-15H2,1-4H3,(H,27,33)/t26-/m1/s1. The van der Waals surface area contributed by atoms with Crippen LogP contribution in [-0.4, -0.2) is 40.0 Å². The summed E-state index contributed by atoms with van der Waals surface area (Å²) < 4.78 is 6.37. The lowest BCUT2D eigenvalue weighted by atomic mass is 9.92. The quantitative estimate of drug-likeness (QED) is 0.570. The lowest BCUT2D eigenvalue weighted by Crippen LogP contribution is -2.64. The molecule has 2 heterocycles. The molecule has 4 rings (SSSR count). The number of benzene rings is 2. The molecule has 0 fully saturated rings. The maximum atomic E-state index is 13.8. The molecule has 0 unspecified atom stereocenters. The second-order valence-electron chi connectivity index (χ2n) is 8.67. The van der Waals surface area contributed by atoms with Crippen LogP contribution < -0.4 is 10.2 Å². The highest BCUT2D eigenvalue weighted by Crippen LogP contribution is 2.34. The van der Waals surface area contributed by atoms with Gasteiger partial charge in [0.2, 0.25) is 5.91 Å². The monoisotopic (exact) mass is 460 g/mol. The number of carbonyl (C=O) groups excluding carboxylic acids is 3. The highest BCUT2D eigenvalue weighted by molar-refractivity contribution is 6.15. The minimum absolute atomic E-state index is 0.0636. The summed E-state index contributed by atoms with van der Waals surface area (Å²) in [5.41, 5.74) is 2.50. The van der Waals surface area contributed by atoms with Crippen molar-refractivity contribution in [3.8, 4) is 0 Å². The van der Waals surface area contributed by atoms with Crippen LogP contribution in [0, 0.1) is 6.92 Å². The maximum absolute atomic E-state index is 13.8. The summed E-state index contributed by atoms with van der Waals surface area (Å²) in [5.74, 6) is -1.48. The molecule has 0 saturated heterocycles. The number of fused-ring (bicyclic) bond motifs is 1. The largest absolute Gasteiger partial charge is 0.464 e. The fraction of sp³-hybridized carbons (Fsp3) is 0.308. The van der Waals surface area contributed by atoms with Gasteiger partial charge >= 0.3 is 5.97 Å². The Morgan fingerprint density at radius 3 is 2.56 bits per heavy atom. The van der Waals surface area contributed by atoms with Crippen molar-refractivity contribution in [3.63, 3.8) is 0 Å². The van der Waals surface area contributed by atoms with Crippen LogP contribution in [-0.2, 0) is 29.0 Å². The van der Waals surface area contributed by atoms with Crippen LogP contribution in [0.3, 0.4) is 0 Å². The Kier molecular flexibility index (Phi) is 6.24. The first kappa shape index (κ1) is 23.2. The Bertz CT molecular complexity index is 1250. The fourth-order valence-electron chi connectivity index (χ4n) is 4.27. The number of carbonyl (C=O) groups is 3. The highest BCUT2D eigenvalue weighted by Gasteiger charge is 2.49. The number of amides is 2. The van der Waals surface area contributed by atoms with Gasteiger partial charge in [-0.2, -0.15) is 0 Å². The first-order valence-corrected chi connectivity index (χ1v) is 11.2. The lowest BCUT2D eigenvalue weighted by Gasteiger charge is -2.43. The maximum Gasteiger partial charge on any atom is 0.359 e. The van der Waals surface area contributed by atoms with Crippen LogP contribution in [0.15, 0.2) is 54.9 Å². The topological polar surface area (TPSA) is 93.5 Å². The van der Waals surface area contributed by atoms with Crippen molar-refractivity contribution >= 4 is 23.5 Å². The third-order valence-corrected chi connectivity index (χ3v) is 6.23. The Morgan fingerprint density at radius 2 is 1.88 bits per heavy atom. The predicted octanol–water partition coefficient (Wildman–Crippen LogP) is 3.28. The molecular weight excluding hydrogens is 432 g/mol. The van der Waals surface area contributed by atoms with Gasteiger partial charge in [0.15, 0.2) is 5.69 Å². The average Bonchev–Trinajstić information content (AvgIpc) is 3.26. The molecule has 1 atom stereocenters. The van der Waals surface area contributed by atoms with E-state index in [-0.39, 0.29) is 23.8 Å². The Labute approximate surface area is 198 Å². The fourth-order valence-corrected chi connectivity index (χ4v) is 4.27. The molecule has 2 aromatic carbocycles. The summed E-state index contributed by atoms with van der Waals surface area (Å²) >= 11 is 0. The van der Waals surface area contributed by atoms with Crippen molar-refractivity contribution in [3.05, 3.63) is 82.9 Å². The van der Waals surface area contributed by atoms with E-state index in [9.17, 15) is 14.4 Å². The van der Waals surface area contributed by atoms with E-state index in [4.69, 9.17) is 4.74 Å². The summed E-state index contributed by atoms with van der Waals surface area (Å²) in [7, 11) is 1.24. The summed E-state index contributed by atoms with van der Waals surface area (Å²) in [4.78, 5) is 45.3. The van der Waals surface area contributed by atoms with Gasteiger partial charge in [-0.1, -0.05) is 48.9 Å². The van der Waals surface area contributed by atoms with Gasteiger partial charge in [-0.05, 0) is 43.5 Å². The average molecular weight is 461 g/mol. The number of nitrogens with zero attached hydrogens (tertiary/aromatic N) is 3. The summed E-state index contributed by atoms with van der Waals surface area (Å²) in [5, 5.41) is 2.99. The van der Waals surface area contributed by atoms with E-state index in [1.54, 1.807) is 17.6 Å². The van der Waals surface area contributed by atoms with Gasteiger partial charge in [0.05, 0.1) is 20.0 Å². The number of esters is 1. The van der Waals surface area contributed by atoms with Gasteiger partial charge < -0.3 is 14.6 Å². The molecule has 1 aliphatic heterocycles. The Balaban J connectivity index is 1.75. The smallest absolute Gasteiger partial charge is 0.359 e. The number of hydrogen-bond acceptors (Lipinski definition) is 5. The van der Waals surface area contributed by atoms with E-state index in [0.717, 1.165) is 23.1 Å². The highest BCUT2D eigenvalue weighted by atomic mass is 16.5. The molecule has 8 heteroatoms. The second kappa shape index (κ2) is 9.13. The summed E-state index contributed by atoms with van der Waals surface area (Å²) in [6, 6.07) is 15.4. The van der Waals surface area contributed by atoms with E-state index in [2.05, 4.69) is 10.3 Å². The normalized spacial score (nSPS) is 17.3. The molecule has 34 heavy (non-hydrogen) atoms. The van der Waals surface area contributed by atoms with E-state index in [1.165, 1.54) is 18.3 Å². The van der Waals surface area contributed by atoms with E-state index in [1.807, 2.05) is 56.3 Å². The molecular formula is C26H28N4O4. The molecule has 1 N–H and O–H groups in total. The first-order chi connectivity index (χ1) is 16.3. The second-order valence-corrected chi connectivity index (χ2v) is 8.67. The number of methoxy groups -OCH3 is 1. The number of anilines is 1. The van der Waals surface area contributed by atoms with Crippen molar-refractivity contribution < 1.29 is 19.1 Å². The van der Waals surface area contributed by atoms with Crippen LogP contribution in [0.5, 0.6) is 0 Å². The van der Waals surface area contributed by atoms with E-state index < -0.39 is 17.4 Å². The van der Waals surface area contributed by atoms with Crippen molar-refractivity contribution in [2.24, 2.45) is 0 Å². The zero-order chi connectivity index (χ0) is 24.5. The Hall–Kier alpha value is -3.94. The molecule has 1 aromatic heterocycles. The number of aryl methyl sites for hydroxylation is 2. The minimum atomic E-state index is -1.25. The third kappa shape index (κ3) is 4.07. The first-order valence-electron chi connectivity index (χ1n) is 11.2. The van der Waals surface area contributed by atoms with Gasteiger partial charge in [-0.3, -0.25) is 14.5 Å². The molecule has 1 aliphatic rings. The molecule has 0 aliphatic carbocycles. The Morgan fingerprint density at radius 1 is 1.15 bits per heavy atom. The molecule has 0 saturated carbocycles. The van der Waals surface area contributed by atoms with Crippen LogP contribution >= 0.6 is 0 Å². The predicted molar refractivity (Wildman–Crippen MR) is 128 cm³/mol. The van der Waals surface area contributed by atoms with E-state index in [0.29, 0.717) is 12.2 Å². The molecule has 176 valence electrons. The van der Waals surface area contributed by atoms with Gasteiger partial charge in [-0.25, -0.2) is 9.78 Å². The van der Waals surface area contributed by atoms with Crippen LogP contribution in [0.1, 0.15) is 51.5 Å². The number of ether oxygens (including phenoxy) is 1. The van der Waals surface area contributed by atoms with Gasteiger partial charge in [-0.15, -0.1) is 0 Å². The van der Waals surface area contributed by atoms with Crippen molar-refractivity contribution in [1.29, 1.82) is 0 Å². The molecule has 2 amide bonds. The zero-order valence-corrected chi connectivity index (χ0v) is 19.8. The van der Waals surface area contributed by atoms with Gasteiger partial charge in [0.1, 0.15) is 11.2 Å². The summed E-state index contributed by atoms with van der Waals surface area (Å²) in [6.45, 7) is 6.22. The van der Waals surface area contributed by atoms with Gasteiger partial charge in [0, 0.05) is 12.2 Å². The molecule has 0 radical (unpaired) electrons. The minimum Gasteiger partial charge on any atom is -0.464 e. The number of hydrogen-bond donors (Lipinski definition) is 1. The zero-order valence-electron chi connectivity index (χ0n) is 19.8. The summed E-state index contributed by atoms with van der Waals surface area (Å²) in [6.07, 6.45) is 2.18.